The van der Waals surface area contributed by atoms with Gasteiger partial charge in [0.15, 0.2) is 0 Å². The van der Waals surface area contributed by atoms with Crippen LogP contribution in [0.25, 0.3) is 11.0 Å². The van der Waals surface area contributed by atoms with E-state index in [4.69, 9.17) is 9.72 Å². The molecule has 2 aliphatic rings. The van der Waals surface area contributed by atoms with Crippen LogP contribution in [-0.4, -0.2) is 60.2 Å². The highest BCUT2D eigenvalue weighted by Gasteiger charge is 2.52. The number of aromatic nitrogens is 4. The molecule has 5 heterocycles. The Morgan fingerprint density at radius 3 is 2.68 bits per heavy atom. The molecule has 2 saturated heterocycles. The third-order valence-electron chi connectivity index (χ3n) is 8.45. The maximum Gasteiger partial charge on any atom is 0.268 e. The van der Waals surface area contributed by atoms with E-state index in [9.17, 15) is 9.35 Å². The van der Waals surface area contributed by atoms with Crippen LogP contribution < -0.4 is 15.2 Å². The molecule has 0 saturated carbocycles. The molecule has 3 atom stereocenters. The maximum atomic E-state index is 13.4. The zero-order chi connectivity index (χ0) is 27.2. The second-order valence-electron chi connectivity index (χ2n) is 11.2. The highest BCUT2D eigenvalue weighted by molar-refractivity contribution is 7.99. The summed E-state index contributed by atoms with van der Waals surface area (Å²) >= 11 is 0.274. The first-order valence-electron chi connectivity index (χ1n) is 13.2. The van der Waals surface area contributed by atoms with E-state index in [1.165, 1.54) is 11.8 Å². The van der Waals surface area contributed by atoms with Crippen LogP contribution in [0, 0.1) is 5.41 Å². The molecule has 5 rings (SSSR count). The fraction of sp³-hybridized carbons (Fsp3) is 0.593. The molecule has 2 aliphatic heterocycles. The second-order valence-corrected chi connectivity index (χ2v) is 14.2. The average Bonchev–Trinajstić information content (AvgIpc) is 3.43. The predicted molar refractivity (Wildman–Crippen MR) is 153 cm³/mol. The minimum absolute atomic E-state index is 0.00112. The summed E-state index contributed by atoms with van der Waals surface area (Å²) in [5, 5.41) is 1.02. The second kappa shape index (κ2) is 10.5. The molecule has 38 heavy (non-hydrogen) atoms. The van der Waals surface area contributed by atoms with Crippen molar-refractivity contribution in [1.82, 2.24) is 23.8 Å². The summed E-state index contributed by atoms with van der Waals surface area (Å²) in [6, 6.07) is 3.99. The van der Waals surface area contributed by atoms with Crippen LogP contribution in [0.5, 0.6) is 0 Å². The molecule has 206 valence electrons. The van der Waals surface area contributed by atoms with Crippen molar-refractivity contribution in [3.8, 4) is 0 Å². The fourth-order valence-corrected chi connectivity index (χ4v) is 7.66. The highest BCUT2D eigenvalue weighted by Crippen LogP contribution is 2.43. The smallest absolute Gasteiger partial charge is 0.268 e. The number of ether oxygens (including phenoxy) is 1. The average molecular weight is 559 g/mol. The Hall–Kier alpha value is -2.05. The summed E-state index contributed by atoms with van der Waals surface area (Å²) in [6.07, 6.45) is 8.05. The first-order chi connectivity index (χ1) is 18.1. The molecule has 0 radical (unpaired) electrons. The molecular formula is C27H38N6O3S2. The van der Waals surface area contributed by atoms with Gasteiger partial charge in [0.05, 0.1) is 29.8 Å². The van der Waals surface area contributed by atoms with Gasteiger partial charge < -0.3 is 18.8 Å². The van der Waals surface area contributed by atoms with Crippen molar-refractivity contribution in [2.45, 2.75) is 73.6 Å². The lowest BCUT2D eigenvalue weighted by Crippen LogP contribution is -2.57. The molecule has 11 heteroatoms. The van der Waals surface area contributed by atoms with Crippen molar-refractivity contribution >= 4 is 40.1 Å². The van der Waals surface area contributed by atoms with E-state index >= 15 is 0 Å². The van der Waals surface area contributed by atoms with Gasteiger partial charge >= 0.3 is 0 Å². The van der Waals surface area contributed by atoms with Crippen LogP contribution in [0.3, 0.4) is 0 Å². The number of aryl methyl sites for hydroxylation is 1. The molecular weight excluding hydrogens is 520 g/mol. The Balaban J connectivity index is 1.31. The highest BCUT2D eigenvalue weighted by atomic mass is 32.2. The van der Waals surface area contributed by atoms with Crippen molar-refractivity contribution in [3.63, 3.8) is 0 Å². The van der Waals surface area contributed by atoms with Gasteiger partial charge in [-0.15, -0.1) is 4.72 Å². The lowest BCUT2D eigenvalue weighted by Gasteiger charge is -2.43. The first-order valence-corrected chi connectivity index (χ1v) is 15.2. The molecule has 1 N–H and O–H groups in total. The molecule has 0 amide bonds. The van der Waals surface area contributed by atoms with Gasteiger partial charge in [0.2, 0.25) is 5.95 Å². The minimum Gasteiger partial charge on any atom is -0.598 e. The molecule has 0 bridgehead atoms. The van der Waals surface area contributed by atoms with E-state index in [-0.39, 0.29) is 27.9 Å². The molecule has 0 unspecified atom stereocenters. The van der Waals surface area contributed by atoms with E-state index in [0.717, 1.165) is 48.3 Å². The Bertz CT molecular complexity index is 1360. The lowest BCUT2D eigenvalue weighted by molar-refractivity contribution is 0.0972. The van der Waals surface area contributed by atoms with Crippen molar-refractivity contribution in [1.29, 1.82) is 0 Å². The predicted octanol–water partition coefficient (Wildman–Crippen LogP) is 3.63. The lowest BCUT2D eigenvalue weighted by atomic mass is 9.73. The van der Waals surface area contributed by atoms with Crippen molar-refractivity contribution < 1.29 is 9.29 Å². The topological polar surface area (TPSA) is 100 Å². The SMILES string of the molecule is CCC(C)(C)[S@@+]([O-])N[C@@H]1[C@H](C)OCC12CCN(c1ncc(Sc3ccnc4c3ccn4C)c(=O)n1C)CC2. The van der Waals surface area contributed by atoms with Gasteiger partial charge in [0.25, 0.3) is 5.56 Å². The molecule has 0 aliphatic carbocycles. The number of fused-ring (bicyclic) bond motifs is 1. The van der Waals surface area contributed by atoms with Crippen LogP contribution >= 0.6 is 11.8 Å². The van der Waals surface area contributed by atoms with Crippen molar-refractivity contribution in [2.75, 3.05) is 24.6 Å². The molecule has 9 nitrogen and oxygen atoms in total. The van der Waals surface area contributed by atoms with E-state index < -0.39 is 11.4 Å². The van der Waals surface area contributed by atoms with Gasteiger partial charge in [-0.3, -0.25) is 9.36 Å². The van der Waals surface area contributed by atoms with Crippen LogP contribution in [0.2, 0.25) is 0 Å². The van der Waals surface area contributed by atoms with Gasteiger partial charge in [-0.05, 0) is 52.2 Å². The molecule has 3 aromatic rings. The van der Waals surface area contributed by atoms with E-state index in [0.29, 0.717) is 17.5 Å². The molecule has 0 aromatic carbocycles. The van der Waals surface area contributed by atoms with Crippen LogP contribution in [0.1, 0.15) is 47.0 Å². The van der Waals surface area contributed by atoms with Crippen LogP contribution in [-0.2, 0) is 30.2 Å². The number of hydrogen-bond donors (Lipinski definition) is 1. The number of hydrogen-bond acceptors (Lipinski definition) is 8. The summed E-state index contributed by atoms with van der Waals surface area (Å²) in [5.41, 5.74) is 0.751. The van der Waals surface area contributed by atoms with Gasteiger partial charge in [0.1, 0.15) is 10.4 Å². The number of pyridine rings is 1. The summed E-state index contributed by atoms with van der Waals surface area (Å²) in [4.78, 5) is 26.3. The Kier molecular flexibility index (Phi) is 7.60. The quantitative estimate of drug-likeness (QED) is 0.439. The van der Waals surface area contributed by atoms with Crippen molar-refractivity contribution in [2.24, 2.45) is 19.5 Å². The van der Waals surface area contributed by atoms with E-state index in [1.807, 2.05) is 43.8 Å². The number of nitrogens with one attached hydrogen (secondary N) is 1. The summed E-state index contributed by atoms with van der Waals surface area (Å²) in [5.74, 6) is 0.681. The fourth-order valence-electron chi connectivity index (χ4n) is 5.44. The van der Waals surface area contributed by atoms with Gasteiger partial charge in [0, 0.05) is 66.6 Å². The van der Waals surface area contributed by atoms with Crippen molar-refractivity contribution in [3.05, 3.63) is 41.1 Å². The third kappa shape index (κ3) is 4.88. The number of piperidine rings is 1. The minimum atomic E-state index is -1.16. The van der Waals surface area contributed by atoms with Crippen LogP contribution in [0.15, 0.2) is 45.3 Å². The van der Waals surface area contributed by atoms with Gasteiger partial charge in [-0.2, -0.15) is 0 Å². The normalized spacial score (nSPS) is 22.4. The van der Waals surface area contributed by atoms with Gasteiger partial charge in [-0.25, -0.2) is 9.97 Å². The Morgan fingerprint density at radius 2 is 1.97 bits per heavy atom. The van der Waals surface area contributed by atoms with Gasteiger partial charge in [-0.1, -0.05) is 18.7 Å². The summed E-state index contributed by atoms with van der Waals surface area (Å²) in [7, 11) is 3.76. The largest absolute Gasteiger partial charge is 0.598 e. The zero-order valence-corrected chi connectivity index (χ0v) is 24.7. The van der Waals surface area contributed by atoms with E-state index in [1.54, 1.807) is 24.0 Å². The third-order valence-corrected chi connectivity index (χ3v) is 11.3. The van der Waals surface area contributed by atoms with Crippen LogP contribution in [0.4, 0.5) is 5.95 Å². The summed E-state index contributed by atoms with van der Waals surface area (Å²) in [6.45, 7) is 10.4. The Labute approximate surface area is 231 Å². The van der Waals surface area contributed by atoms with E-state index in [2.05, 4.69) is 28.5 Å². The number of anilines is 1. The molecule has 1 spiro atoms. The number of rotatable bonds is 7. The maximum absolute atomic E-state index is 13.4. The zero-order valence-electron chi connectivity index (χ0n) is 23.1. The Morgan fingerprint density at radius 1 is 1.24 bits per heavy atom. The molecule has 3 aromatic heterocycles. The first kappa shape index (κ1) is 27.5. The molecule has 2 fully saturated rings. The summed E-state index contributed by atoms with van der Waals surface area (Å²) < 4.78 is 26.0. The standard InChI is InChI=1S/C27H38N6O3S2/c1-7-26(3,4)38(35)30-22-18(2)36-17-27(22)10-14-33(15-11-27)25-29-16-21(24(34)32(25)6)37-20-8-12-28-23-19(20)9-13-31(23)5/h8-9,12-13,16,18,22,30H,7,10-11,14-15,17H2,1-6H3/t18-,22+,38+/m0/s1. The number of nitrogens with zero attached hydrogens (tertiary/aromatic N) is 5. The monoisotopic (exact) mass is 558 g/mol.